The lowest BCUT2D eigenvalue weighted by atomic mass is 9.94. The molecule has 0 rings (SSSR count). The summed E-state index contributed by atoms with van der Waals surface area (Å²) < 4.78 is 27.9. The highest BCUT2D eigenvalue weighted by Gasteiger charge is 2.22. The molecule has 0 fully saturated rings. The molecule has 0 aliphatic heterocycles. The maximum atomic E-state index is 13.0. The van der Waals surface area contributed by atoms with Gasteiger partial charge in [0, 0.05) is 19.4 Å². The molecule has 0 saturated heterocycles. The first-order valence-electron chi connectivity index (χ1n) is 26.1. The summed E-state index contributed by atoms with van der Waals surface area (Å²) in [7, 11) is 1.94. The third-order valence-electron chi connectivity index (χ3n) is 11.8. The van der Waals surface area contributed by atoms with Gasteiger partial charge in [-0.2, -0.15) is 0 Å². The van der Waals surface area contributed by atoms with Crippen molar-refractivity contribution < 1.29 is 47.7 Å². The number of carbonyl (C=O) groups is 5. The number of nitrogens with zero attached hydrogens (tertiary/aromatic N) is 1. The Morgan fingerprint density at radius 1 is 0.381 bits per heavy atom. The van der Waals surface area contributed by atoms with Gasteiger partial charge in [-0.1, -0.05) is 163 Å². The van der Waals surface area contributed by atoms with Crippen molar-refractivity contribution in [2.75, 3.05) is 46.6 Å². The van der Waals surface area contributed by atoms with Crippen molar-refractivity contribution in [3.05, 3.63) is 0 Å². The van der Waals surface area contributed by atoms with Crippen molar-refractivity contribution in [2.45, 2.75) is 246 Å². The average molecular weight is 896 g/mol. The third-order valence-corrected chi connectivity index (χ3v) is 11.8. The van der Waals surface area contributed by atoms with E-state index >= 15 is 0 Å². The van der Waals surface area contributed by atoms with Crippen molar-refractivity contribution in [2.24, 2.45) is 11.8 Å². The Labute approximate surface area is 385 Å². The summed E-state index contributed by atoms with van der Waals surface area (Å²) >= 11 is 0. The Morgan fingerprint density at radius 2 is 0.746 bits per heavy atom. The van der Waals surface area contributed by atoms with Gasteiger partial charge < -0.3 is 28.6 Å². The van der Waals surface area contributed by atoms with Gasteiger partial charge in [0.25, 0.3) is 0 Å². The monoisotopic (exact) mass is 896 g/mol. The van der Waals surface area contributed by atoms with Crippen molar-refractivity contribution in [3.63, 3.8) is 0 Å². The molecule has 63 heavy (non-hydrogen) atoms. The molecular formula is C52H97NO10. The van der Waals surface area contributed by atoms with Gasteiger partial charge in [-0.3, -0.25) is 24.0 Å². The van der Waals surface area contributed by atoms with Gasteiger partial charge in [-0.25, -0.2) is 0 Å². The van der Waals surface area contributed by atoms with Gasteiger partial charge in [-0.05, 0) is 71.4 Å². The summed E-state index contributed by atoms with van der Waals surface area (Å²) in [4.78, 5) is 66.2. The Kier molecular flexibility index (Phi) is 42.6. The summed E-state index contributed by atoms with van der Waals surface area (Å²) in [5.74, 6) is -1.78. The normalized spacial score (nSPS) is 12.7. The van der Waals surface area contributed by atoms with Crippen LogP contribution in [-0.2, 0) is 47.7 Å². The first kappa shape index (κ1) is 60.3. The summed E-state index contributed by atoms with van der Waals surface area (Å²) in [5.41, 5.74) is 0. The van der Waals surface area contributed by atoms with Crippen LogP contribution >= 0.6 is 0 Å². The molecule has 0 aliphatic rings. The molecule has 0 N–H and O–H groups in total. The summed E-state index contributed by atoms with van der Waals surface area (Å²) in [6, 6.07) is 0. The second kappa shape index (κ2) is 44.5. The van der Waals surface area contributed by atoms with Crippen LogP contribution in [-0.4, -0.2) is 87.4 Å². The second-order valence-corrected chi connectivity index (χ2v) is 18.0. The van der Waals surface area contributed by atoms with Crippen molar-refractivity contribution in [1.82, 2.24) is 4.90 Å². The maximum Gasteiger partial charge on any atom is 0.308 e. The van der Waals surface area contributed by atoms with Gasteiger partial charge in [0.15, 0.2) is 6.10 Å². The maximum absolute atomic E-state index is 13.0. The average Bonchev–Trinajstić information content (AvgIpc) is 3.27. The van der Waals surface area contributed by atoms with Crippen LogP contribution < -0.4 is 0 Å². The van der Waals surface area contributed by atoms with E-state index < -0.39 is 24.0 Å². The molecular weight excluding hydrogens is 799 g/mol. The van der Waals surface area contributed by atoms with Gasteiger partial charge >= 0.3 is 29.8 Å². The van der Waals surface area contributed by atoms with E-state index in [-0.39, 0.29) is 69.5 Å². The predicted octanol–water partition coefficient (Wildman–Crippen LogP) is 12.8. The standard InChI is InChI=1S/C52H97NO10/c1-7-12-16-20-22-26-34-45(32-24-18-14-9-3)51(57)59-41-30-28-36-48(54)61-43-47(44-62-49(55)38-40-53(6)39-11-5)63-50(56)37-29-31-42-60-52(58)46(33-25-19-15-10-4)35-27-23-21-17-13-8-2/h45-47H,7-44H2,1-6H3/t45?,46?,47-/m1/s1. The first-order valence-corrected chi connectivity index (χ1v) is 26.1. The van der Waals surface area contributed by atoms with E-state index in [0.717, 1.165) is 103 Å². The van der Waals surface area contributed by atoms with Crippen LogP contribution in [0.25, 0.3) is 0 Å². The molecule has 0 aromatic carbocycles. The Hall–Kier alpha value is -2.69. The summed E-state index contributed by atoms with van der Waals surface area (Å²) in [6.45, 7) is 12.3. The molecule has 0 radical (unpaired) electrons. The molecule has 11 nitrogen and oxygen atoms in total. The third kappa shape index (κ3) is 38.3. The van der Waals surface area contributed by atoms with E-state index in [1.165, 1.54) is 64.2 Å². The van der Waals surface area contributed by atoms with E-state index in [9.17, 15) is 24.0 Å². The molecule has 0 aromatic rings. The van der Waals surface area contributed by atoms with Crippen LogP contribution in [0.3, 0.4) is 0 Å². The molecule has 0 aliphatic carbocycles. The zero-order valence-corrected chi connectivity index (χ0v) is 41.6. The van der Waals surface area contributed by atoms with Crippen molar-refractivity contribution >= 4 is 29.8 Å². The van der Waals surface area contributed by atoms with Crippen LogP contribution in [0.2, 0.25) is 0 Å². The number of carbonyl (C=O) groups excluding carboxylic acids is 5. The molecule has 0 heterocycles. The fourth-order valence-corrected chi connectivity index (χ4v) is 7.71. The number of rotatable bonds is 46. The Morgan fingerprint density at radius 3 is 1.16 bits per heavy atom. The van der Waals surface area contributed by atoms with Crippen molar-refractivity contribution in [3.8, 4) is 0 Å². The van der Waals surface area contributed by atoms with Gasteiger partial charge in [0.2, 0.25) is 0 Å². The summed E-state index contributed by atoms with van der Waals surface area (Å²) in [5, 5.41) is 0. The fraction of sp³-hybridized carbons (Fsp3) is 0.904. The highest BCUT2D eigenvalue weighted by molar-refractivity contribution is 5.73. The number of esters is 5. The highest BCUT2D eigenvalue weighted by Crippen LogP contribution is 2.22. The lowest BCUT2D eigenvalue weighted by Gasteiger charge is -2.19. The van der Waals surface area contributed by atoms with Crippen LogP contribution in [0, 0.1) is 11.8 Å². The Bertz CT molecular complexity index is 1120. The van der Waals surface area contributed by atoms with Crippen LogP contribution in [0.15, 0.2) is 0 Å². The van der Waals surface area contributed by atoms with Crippen LogP contribution in [0.4, 0.5) is 0 Å². The minimum absolute atomic E-state index is 0.0660. The van der Waals surface area contributed by atoms with E-state index in [1.807, 2.05) is 11.9 Å². The van der Waals surface area contributed by atoms with E-state index in [1.54, 1.807) is 0 Å². The SMILES string of the molecule is CCCCCCCCC(CCCCCC)C(=O)OCCCCC(=O)OC[C@H](COC(=O)CCN(C)CCC)OC(=O)CCCCOC(=O)C(CCCCCC)CCCCCCCC. The van der Waals surface area contributed by atoms with Crippen molar-refractivity contribution in [1.29, 1.82) is 0 Å². The number of unbranched alkanes of at least 4 members (excludes halogenated alkanes) is 18. The van der Waals surface area contributed by atoms with Crippen LogP contribution in [0.1, 0.15) is 240 Å². The van der Waals surface area contributed by atoms with E-state index in [2.05, 4.69) is 34.6 Å². The zero-order valence-electron chi connectivity index (χ0n) is 41.6. The fourth-order valence-electron chi connectivity index (χ4n) is 7.71. The Balaban J connectivity index is 4.95. The number of hydrogen-bond acceptors (Lipinski definition) is 11. The molecule has 3 atom stereocenters. The van der Waals surface area contributed by atoms with E-state index in [0.29, 0.717) is 32.2 Å². The lowest BCUT2D eigenvalue weighted by molar-refractivity contribution is -0.167. The van der Waals surface area contributed by atoms with Gasteiger partial charge in [-0.15, -0.1) is 0 Å². The van der Waals surface area contributed by atoms with Crippen LogP contribution in [0.5, 0.6) is 0 Å². The van der Waals surface area contributed by atoms with E-state index in [4.69, 9.17) is 23.7 Å². The van der Waals surface area contributed by atoms with Gasteiger partial charge in [0.05, 0.1) is 31.5 Å². The largest absolute Gasteiger partial charge is 0.465 e. The molecule has 370 valence electrons. The topological polar surface area (TPSA) is 135 Å². The minimum Gasteiger partial charge on any atom is -0.465 e. The highest BCUT2D eigenvalue weighted by atomic mass is 16.6. The molecule has 0 spiro atoms. The quantitative estimate of drug-likeness (QED) is 0.0328. The zero-order chi connectivity index (χ0) is 46.6. The summed E-state index contributed by atoms with van der Waals surface area (Å²) in [6.07, 6.45) is 29.2. The molecule has 11 heteroatoms. The molecule has 0 amide bonds. The predicted molar refractivity (Wildman–Crippen MR) is 254 cm³/mol. The van der Waals surface area contributed by atoms with Gasteiger partial charge in [0.1, 0.15) is 13.2 Å². The number of hydrogen-bond donors (Lipinski definition) is 0. The molecule has 0 aromatic heterocycles. The first-order chi connectivity index (χ1) is 30.6. The minimum atomic E-state index is -0.950. The smallest absolute Gasteiger partial charge is 0.308 e. The number of ether oxygens (including phenoxy) is 5. The molecule has 2 unspecified atom stereocenters. The molecule has 0 bridgehead atoms. The second-order valence-electron chi connectivity index (χ2n) is 18.0. The lowest BCUT2D eigenvalue weighted by Crippen LogP contribution is -2.31. The molecule has 0 saturated carbocycles.